The molecule has 0 spiro atoms. The van der Waals surface area contributed by atoms with E-state index in [0.717, 1.165) is 22.9 Å². The van der Waals surface area contributed by atoms with Gasteiger partial charge >= 0.3 is 0 Å². The van der Waals surface area contributed by atoms with Crippen molar-refractivity contribution in [3.05, 3.63) is 78.0 Å². The number of nitrogens with two attached hydrogens (primary N) is 2. The molecule has 3 heteroatoms. The Bertz CT molecular complexity index is 981. The summed E-state index contributed by atoms with van der Waals surface area (Å²) in [5.41, 5.74) is 15.1. The molecule has 0 saturated heterocycles. The van der Waals surface area contributed by atoms with Crippen LogP contribution in [0.1, 0.15) is 18.1 Å². The van der Waals surface area contributed by atoms with Crippen molar-refractivity contribution in [1.29, 1.82) is 0 Å². The Morgan fingerprint density at radius 3 is 2.20 bits per heavy atom. The number of pyridine rings is 1. The van der Waals surface area contributed by atoms with E-state index in [1.54, 1.807) is 6.20 Å². The zero-order chi connectivity index (χ0) is 17.8. The Morgan fingerprint density at radius 1 is 0.760 bits per heavy atom. The molecule has 0 atom stereocenters. The van der Waals surface area contributed by atoms with Crippen molar-refractivity contribution < 1.29 is 0 Å². The average Bonchev–Trinajstić information content (AvgIpc) is 2.63. The molecule has 4 N–H and O–H groups in total. The van der Waals surface area contributed by atoms with Gasteiger partial charge in [-0.15, -0.1) is 0 Å². The number of anilines is 2. The quantitative estimate of drug-likeness (QED) is 0.477. The van der Waals surface area contributed by atoms with Crippen molar-refractivity contribution in [2.24, 2.45) is 0 Å². The molecule has 25 heavy (non-hydrogen) atoms. The summed E-state index contributed by atoms with van der Waals surface area (Å²) in [5.74, 6) is 0.618. The standard InChI is InChI=1S/C11H12N2.C11H11N/c1-2-8-4-3-5-10-9(8)6-7-13-11(10)12;1-8-4-2-6-10-9(8)5-3-7-11(10)12/h3-7H,2H2,1H3,(H2,12,13);2-7H,12H2,1H3. The third-order valence-corrected chi connectivity index (χ3v) is 4.48. The number of fused-ring (bicyclic) bond motifs is 2. The van der Waals surface area contributed by atoms with Gasteiger partial charge in [0.1, 0.15) is 5.82 Å². The zero-order valence-electron chi connectivity index (χ0n) is 14.7. The number of nitrogen functional groups attached to an aromatic ring is 2. The van der Waals surface area contributed by atoms with Crippen molar-refractivity contribution in [3.63, 3.8) is 0 Å². The molecule has 0 bridgehead atoms. The first-order chi connectivity index (χ1) is 12.1. The smallest absolute Gasteiger partial charge is 0.131 e. The Hall–Kier alpha value is -3.07. The molecule has 0 saturated carbocycles. The molecular formula is C22H23N3. The van der Waals surface area contributed by atoms with Crippen LogP contribution in [0.5, 0.6) is 0 Å². The number of benzene rings is 3. The topological polar surface area (TPSA) is 64.9 Å². The van der Waals surface area contributed by atoms with Gasteiger partial charge < -0.3 is 11.5 Å². The molecule has 4 rings (SSSR count). The van der Waals surface area contributed by atoms with Crippen LogP contribution < -0.4 is 11.5 Å². The van der Waals surface area contributed by atoms with Crippen LogP contribution in [0, 0.1) is 6.92 Å². The third kappa shape index (κ3) is 3.41. The summed E-state index contributed by atoms with van der Waals surface area (Å²) in [6.45, 7) is 4.24. The number of hydrogen-bond donors (Lipinski definition) is 2. The van der Waals surface area contributed by atoms with E-state index in [1.807, 2.05) is 36.4 Å². The Balaban J connectivity index is 0.000000146. The molecule has 3 aromatic carbocycles. The van der Waals surface area contributed by atoms with Gasteiger partial charge in [-0.05, 0) is 47.4 Å². The number of nitrogens with zero attached hydrogens (tertiary/aromatic N) is 1. The number of rotatable bonds is 1. The van der Waals surface area contributed by atoms with Crippen LogP contribution in [0.15, 0.2) is 66.9 Å². The highest BCUT2D eigenvalue weighted by atomic mass is 14.8. The lowest BCUT2D eigenvalue weighted by atomic mass is 10.0. The predicted molar refractivity (Wildman–Crippen MR) is 109 cm³/mol. The van der Waals surface area contributed by atoms with Gasteiger partial charge in [0.2, 0.25) is 0 Å². The maximum atomic E-state index is 5.83. The third-order valence-electron chi connectivity index (χ3n) is 4.48. The summed E-state index contributed by atoms with van der Waals surface area (Å²) in [6, 6.07) is 20.4. The van der Waals surface area contributed by atoms with Crippen molar-refractivity contribution in [3.8, 4) is 0 Å². The number of aryl methyl sites for hydroxylation is 2. The molecule has 0 amide bonds. The van der Waals surface area contributed by atoms with Gasteiger partial charge in [-0.25, -0.2) is 4.98 Å². The largest absolute Gasteiger partial charge is 0.398 e. The van der Waals surface area contributed by atoms with Gasteiger partial charge in [-0.1, -0.05) is 55.5 Å². The van der Waals surface area contributed by atoms with Gasteiger partial charge in [0.25, 0.3) is 0 Å². The van der Waals surface area contributed by atoms with E-state index in [1.165, 1.54) is 21.9 Å². The summed E-state index contributed by atoms with van der Waals surface area (Å²) in [4.78, 5) is 4.06. The molecule has 1 heterocycles. The van der Waals surface area contributed by atoms with Crippen molar-refractivity contribution in [2.75, 3.05) is 11.5 Å². The fourth-order valence-corrected chi connectivity index (χ4v) is 3.09. The summed E-state index contributed by atoms with van der Waals surface area (Å²) in [7, 11) is 0. The Kier molecular flexibility index (Phi) is 4.85. The molecule has 0 radical (unpaired) electrons. The van der Waals surface area contributed by atoms with Gasteiger partial charge in [0.05, 0.1) is 0 Å². The van der Waals surface area contributed by atoms with E-state index in [0.29, 0.717) is 5.82 Å². The average molecular weight is 329 g/mol. The van der Waals surface area contributed by atoms with Crippen LogP contribution >= 0.6 is 0 Å². The normalized spacial score (nSPS) is 10.5. The lowest BCUT2D eigenvalue weighted by Crippen LogP contribution is -1.92. The van der Waals surface area contributed by atoms with Crippen LogP contribution in [-0.4, -0.2) is 4.98 Å². The predicted octanol–water partition coefficient (Wildman–Crippen LogP) is 5.11. The van der Waals surface area contributed by atoms with Gasteiger partial charge in [-0.2, -0.15) is 0 Å². The van der Waals surface area contributed by atoms with Gasteiger partial charge in [-0.3, -0.25) is 0 Å². The van der Waals surface area contributed by atoms with Crippen LogP contribution in [0.25, 0.3) is 21.5 Å². The minimum Gasteiger partial charge on any atom is -0.398 e. The van der Waals surface area contributed by atoms with E-state index in [9.17, 15) is 0 Å². The molecule has 3 nitrogen and oxygen atoms in total. The maximum absolute atomic E-state index is 5.83. The van der Waals surface area contributed by atoms with E-state index in [2.05, 4.69) is 43.1 Å². The lowest BCUT2D eigenvalue weighted by molar-refractivity contribution is 1.16. The summed E-state index contributed by atoms with van der Waals surface area (Å²) in [5, 5.41) is 4.68. The highest BCUT2D eigenvalue weighted by Gasteiger charge is 2.01. The monoisotopic (exact) mass is 329 g/mol. The van der Waals surface area contributed by atoms with Crippen molar-refractivity contribution >= 4 is 33.1 Å². The molecule has 0 unspecified atom stereocenters. The highest BCUT2D eigenvalue weighted by molar-refractivity contribution is 5.95. The first-order valence-corrected chi connectivity index (χ1v) is 8.47. The fraction of sp³-hybridized carbons (Fsp3) is 0.136. The van der Waals surface area contributed by atoms with E-state index < -0.39 is 0 Å². The van der Waals surface area contributed by atoms with Crippen molar-refractivity contribution in [2.45, 2.75) is 20.3 Å². The molecule has 126 valence electrons. The summed E-state index contributed by atoms with van der Waals surface area (Å²) in [6.07, 6.45) is 2.79. The summed E-state index contributed by atoms with van der Waals surface area (Å²) < 4.78 is 0. The van der Waals surface area contributed by atoms with Crippen molar-refractivity contribution in [1.82, 2.24) is 4.98 Å². The first kappa shape index (κ1) is 16.8. The molecule has 4 aromatic rings. The van der Waals surface area contributed by atoms with Crippen LogP contribution in [-0.2, 0) is 6.42 Å². The van der Waals surface area contributed by atoms with E-state index in [4.69, 9.17) is 11.5 Å². The second kappa shape index (κ2) is 7.22. The molecule has 1 aromatic heterocycles. The first-order valence-electron chi connectivity index (χ1n) is 8.47. The molecule has 0 aliphatic heterocycles. The second-order valence-electron chi connectivity index (χ2n) is 6.08. The maximum Gasteiger partial charge on any atom is 0.131 e. The van der Waals surface area contributed by atoms with Gasteiger partial charge in [0.15, 0.2) is 0 Å². The van der Waals surface area contributed by atoms with Crippen LogP contribution in [0.3, 0.4) is 0 Å². The second-order valence-corrected chi connectivity index (χ2v) is 6.08. The molecular weight excluding hydrogens is 306 g/mol. The number of hydrogen-bond acceptors (Lipinski definition) is 3. The van der Waals surface area contributed by atoms with E-state index >= 15 is 0 Å². The minimum absolute atomic E-state index is 0.618. The highest BCUT2D eigenvalue weighted by Crippen LogP contribution is 2.23. The molecule has 0 aliphatic carbocycles. The zero-order valence-corrected chi connectivity index (χ0v) is 14.7. The van der Waals surface area contributed by atoms with Gasteiger partial charge in [0, 0.05) is 22.7 Å². The Morgan fingerprint density at radius 2 is 1.44 bits per heavy atom. The molecule has 0 aliphatic rings. The number of aromatic nitrogens is 1. The van der Waals surface area contributed by atoms with Crippen LogP contribution in [0.4, 0.5) is 11.5 Å². The molecule has 0 fully saturated rings. The SMILES string of the molecule is CCc1cccc2c(N)nccc12.Cc1cccc2c(N)cccc12. The summed E-state index contributed by atoms with van der Waals surface area (Å²) >= 11 is 0. The van der Waals surface area contributed by atoms with Crippen LogP contribution in [0.2, 0.25) is 0 Å². The Labute approximate surface area is 148 Å². The van der Waals surface area contributed by atoms with E-state index in [-0.39, 0.29) is 0 Å². The fourth-order valence-electron chi connectivity index (χ4n) is 3.09. The lowest BCUT2D eigenvalue weighted by Gasteiger charge is -2.04. The minimum atomic E-state index is 0.618.